The molecule has 0 heterocycles. The first-order chi connectivity index (χ1) is 13.9. The van der Waals surface area contributed by atoms with Gasteiger partial charge in [0.25, 0.3) is 10.1 Å². The molecule has 0 unspecified atom stereocenters. The monoisotopic (exact) mass is 424 g/mol. The molecule has 0 saturated carbocycles. The Labute approximate surface area is 180 Å². The van der Waals surface area contributed by atoms with E-state index in [1.54, 1.807) is 19.1 Å². The Kier molecular flexibility index (Phi) is 14.3. The third-order valence-electron chi connectivity index (χ3n) is 5.85. The van der Waals surface area contributed by atoms with Crippen LogP contribution in [0.5, 0.6) is 0 Å². The molecule has 0 aliphatic carbocycles. The van der Waals surface area contributed by atoms with Gasteiger partial charge in [-0.2, -0.15) is 8.42 Å². The molecule has 0 fully saturated rings. The molecule has 1 aromatic carbocycles. The maximum absolute atomic E-state index is 11.4. The Morgan fingerprint density at radius 1 is 0.690 bits per heavy atom. The van der Waals surface area contributed by atoms with Gasteiger partial charge in [-0.25, -0.2) is 0 Å². The summed E-state index contributed by atoms with van der Waals surface area (Å²) in [6.07, 6.45) is 22.5. The SMILES string of the molecule is CCCCCCCCCCCCCCCCCCc1ccc(C)c(S(=O)(=O)O)c1. The van der Waals surface area contributed by atoms with E-state index in [-0.39, 0.29) is 4.90 Å². The van der Waals surface area contributed by atoms with Crippen LogP contribution in [0.4, 0.5) is 0 Å². The molecule has 0 saturated heterocycles. The molecule has 1 aromatic rings. The Morgan fingerprint density at radius 3 is 1.52 bits per heavy atom. The third kappa shape index (κ3) is 13.1. The zero-order valence-electron chi connectivity index (χ0n) is 18.9. The first kappa shape index (κ1) is 26.2. The van der Waals surface area contributed by atoms with Gasteiger partial charge < -0.3 is 0 Å². The van der Waals surface area contributed by atoms with Crippen molar-refractivity contribution in [3.05, 3.63) is 29.3 Å². The van der Waals surface area contributed by atoms with E-state index in [1.165, 1.54) is 96.3 Å². The molecule has 0 atom stereocenters. The van der Waals surface area contributed by atoms with Gasteiger partial charge in [0.2, 0.25) is 0 Å². The van der Waals surface area contributed by atoms with E-state index in [9.17, 15) is 13.0 Å². The normalized spacial score (nSPS) is 11.8. The average Bonchev–Trinajstić information content (AvgIpc) is 2.68. The fraction of sp³-hybridized carbons (Fsp3) is 0.760. The lowest BCUT2D eigenvalue weighted by Gasteiger charge is -2.07. The van der Waals surface area contributed by atoms with Crippen LogP contribution in [-0.2, 0) is 16.5 Å². The van der Waals surface area contributed by atoms with E-state index in [2.05, 4.69) is 6.92 Å². The molecular formula is C25H44O3S. The average molecular weight is 425 g/mol. The van der Waals surface area contributed by atoms with Crippen LogP contribution in [0.15, 0.2) is 23.1 Å². The highest BCUT2D eigenvalue weighted by molar-refractivity contribution is 7.85. The van der Waals surface area contributed by atoms with Gasteiger partial charge in [-0.1, -0.05) is 115 Å². The lowest BCUT2D eigenvalue weighted by Crippen LogP contribution is -2.02. The number of unbranched alkanes of at least 4 members (excludes halogenated alkanes) is 15. The van der Waals surface area contributed by atoms with Crippen LogP contribution in [0.25, 0.3) is 0 Å². The van der Waals surface area contributed by atoms with Crippen molar-refractivity contribution in [1.29, 1.82) is 0 Å². The molecule has 0 amide bonds. The summed E-state index contributed by atoms with van der Waals surface area (Å²) in [4.78, 5) is 0.0477. The van der Waals surface area contributed by atoms with Gasteiger partial charge in [0.15, 0.2) is 0 Å². The van der Waals surface area contributed by atoms with Crippen molar-refractivity contribution < 1.29 is 13.0 Å². The van der Waals surface area contributed by atoms with Gasteiger partial charge in [-0.15, -0.1) is 0 Å². The van der Waals surface area contributed by atoms with Crippen LogP contribution in [-0.4, -0.2) is 13.0 Å². The summed E-state index contributed by atoms with van der Waals surface area (Å²) in [5, 5.41) is 0. The second-order valence-corrected chi connectivity index (χ2v) is 10.0. The third-order valence-corrected chi connectivity index (χ3v) is 6.85. The molecule has 0 spiro atoms. The number of hydrogen-bond donors (Lipinski definition) is 1. The Bertz CT molecular complexity index is 637. The largest absolute Gasteiger partial charge is 0.294 e. The molecule has 4 heteroatoms. The highest BCUT2D eigenvalue weighted by Crippen LogP contribution is 2.19. The Balaban J connectivity index is 1.94. The van der Waals surface area contributed by atoms with Crippen LogP contribution in [0.2, 0.25) is 0 Å². The predicted molar refractivity (Wildman–Crippen MR) is 124 cm³/mol. The molecule has 29 heavy (non-hydrogen) atoms. The molecule has 1 rings (SSSR count). The molecule has 3 nitrogen and oxygen atoms in total. The molecule has 0 aliphatic heterocycles. The summed E-state index contributed by atoms with van der Waals surface area (Å²) in [6, 6.07) is 5.37. The second kappa shape index (κ2) is 15.9. The number of aryl methyl sites for hydroxylation is 2. The number of rotatable bonds is 18. The van der Waals surface area contributed by atoms with E-state index in [4.69, 9.17) is 0 Å². The van der Waals surface area contributed by atoms with E-state index in [0.717, 1.165) is 18.4 Å². The van der Waals surface area contributed by atoms with Crippen LogP contribution in [0.1, 0.15) is 121 Å². The highest BCUT2D eigenvalue weighted by atomic mass is 32.2. The van der Waals surface area contributed by atoms with Gasteiger partial charge in [0.1, 0.15) is 0 Å². The zero-order chi connectivity index (χ0) is 21.4. The lowest BCUT2D eigenvalue weighted by molar-refractivity contribution is 0.482. The van der Waals surface area contributed by atoms with Crippen molar-refractivity contribution in [3.8, 4) is 0 Å². The van der Waals surface area contributed by atoms with Gasteiger partial charge in [-0.3, -0.25) is 4.55 Å². The topological polar surface area (TPSA) is 54.4 Å². The fourth-order valence-corrected chi connectivity index (χ4v) is 4.73. The van der Waals surface area contributed by atoms with Gasteiger partial charge >= 0.3 is 0 Å². The van der Waals surface area contributed by atoms with Gasteiger partial charge in [0.05, 0.1) is 4.90 Å². The van der Waals surface area contributed by atoms with Gasteiger partial charge in [0, 0.05) is 0 Å². The second-order valence-electron chi connectivity index (χ2n) is 8.63. The number of benzene rings is 1. The summed E-state index contributed by atoms with van der Waals surface area (Å²) in [5.74, 6) is 0. The predicted octanol–water partition coefficient (Wildman–Crippen LogP) is 8.05. The molecular weight excluding hydrogens is 380 g/mol. The maximum atomic E-state index is 11.4. The minimum absolute atomic E-state index is 0.0477. The Morgan fingerprint density at radius 2 is 1.10 bits per heavy atom. The summed E-state index contributed by atoms with van der Waals surface area (Å²) >= 11 is 0. The maximum Gasteiger partial charge on any atom is 0.294 e. The van der Waals surface area contributed by atoms with E-state index in [1.807, 2.05) is 6.07 Å². The molecule has 1 N–H and O–H groups in total. The van der Waals surface area contributed by atoms with E-state index in [0.29, 0.717) is 5.56 Å². The minimum Gasteiger partial charge on any atom is -0.282 e. The molecule has 0 radical (unpaired) electrons. The summed E-state index contributed by atoms with van der Waals surface area (Å²) in [7, 11) is -4.12. The molecule has 168 valence electrons. The van der Waals surface area contributed by atoms with Crippen molar-refractivity contribution in [3.63, 3.8) is 0 Å². The summed E-state index contributed by atoms with van der Waals surface area (Å²) in [6.45, 7) is 3.98. The summed E-state index contributed by atoms with van der Waals surface area (Å²) < 4.78 is 32.0. The number of hydrogen-bond acceptors (Lipinski definition) is 2. The fourth-order valence-electron chi connectivity index (χ4n) is 3.96. The first-order valence-electron chi connectivity index (χ1n) is 12.0. The molecule has 0 aliphatic rings. The van der Waals surface area contributed by atoms with E-state index >= 15 is 0 Å². The van der Waals surface area contributed by atoms with Crippen LogP contribution < -0.4 is 0 Å². The van der Waals surface area contributed by atoms with E-state index < -0.39 is 10.1 Å². The zero-order valence-corrected chi connectivity index (χ0v) is 19.7. The van der Waals surface area contributed by atoms with Crippen LogP contribution >= 0.6 is 0 Å². The minimum atomic E-state index is -4.12. The molecule has 0 bridgehead atoms. The van der Waals surface area contributed by atoms with Crippen molar-refractivity contribution in [2.24, 2.45) is 0 Å². The van der Waals surface area contributed by atoms with Crippen molar-refractivity contribution in [2.45, 2.75) is 128 Å². The lowest BCUT2D eigenvalue weighted by atomic mass is 10.0. The first-order valence-corrected chi connectivity index (χ1v) is 13.5. The van der Waals surface area contributed by atoms with Crippen LogP contribution in [0, 0.1) is 6.92 Å². The smallest absolute Gasteiger partial charge is 0.282 e. The van der Waals surface area contributed by atoms with Crippen LogP contribution in [0.3, 0.4) is 0 Å². The quantitative estimate of drug-likeness (QED) is 0.191. The molecule has 0 aromatic heterocycles. The van der Waals surface area contributed by atoms with Crippen molar-refractivity contribution in [2.75, 3.05) is 0 Å². The standard InChI is InChI=1S/C25H44O3S/c1-3-4-5-6-7-8-9-10-11-12-13-14-15-16-17-18-19-24-21-20-23(2)25(22-24)29(26,27)28/h20-22H,3-19H2,1-2H3,(H,26,27,28). The van der Waals surface area contributed by atoms with Gasteiger partial charge in [-0.05, 0) is 37.0 Å². The highest BCUT2D eigenvalue weighted by Gasteiger charge is 2.13. The van der Waals surface area contributed by atoms with Crippen molar-refractivity contribution in [1.82, 2.24) is 0 Å². The Hall–Kier alpha value is -0.870. The summed E-state index contributed by atoms with van der Waals surface area (Å²) in [5.41, 5.74) is 1.59. The van der Waals surface area contributed by atoms with Crippen molar-refractivity contribution >= 4 is 10.1 Å².